The van der Waals surface area contributed by atoms with E-state index >= 15 is 0 Å². The Labute approximate surface area is 178 Å². The summed E-state index contributed by atoms with van der Waals surface area (Å²) in [6, 6.07) is 12.9. The topological polar surface area (TPSA) is 55.8 Å². The molecular formula is C25H29NO4. The van der Waals surface area contributed by atoms with Gasteiger partial charge < -0.3 is 4.74 Å². The second-order valence-electron chi connectivity index (χ2n) is 9.54. The molecule has 2 aromatic carbocycles. The average molecular weight is 408 g/mol. The highest BCUT2D eigenvalue weighted by atomic mass is 16.7. The number of ether oxygens (including phenoxy) is 1. The van der Waals surface area contributed by atoms with Crippen molar-refractivity contribution in [1.82, 2.24) is 0 Å². The van der Waals surface area contributed by atoms with Crippen LogP contribution in [0.5, 0.6) is 0 Å². The van der Waals surface area contributed by atoms with Gasteiger partial charge in [0.05, 0.1) is 29.5 Å². The number of rotatable bonds is 3. The molecular weight excluding hydrogens is 378 g/mol. The normalized spacial score (nSPS) is 16.3. The molecule has 0 bridgehead atoms. The first-order chi connectivity index (χ1) is 14.0. The van der Waals surface area contributed by atoms with Gasteiger partial charge in [-0.1, -0.05) is 51.1 Å². The van der Waals surface area contributed by atoms with E-state index < -0.39 is 17.6 Å². The third-order valence-corrected chi connectivity index (χ3v) is 5.03. The molecule has 0 N–H and O–H groups in total. The summed E-state index contributed by atoms with van der Waals surface area (Å²) in [7, 11) is 1.34. The number of hydrogen-bond acceptors (Lipinski definition) is 5. The second-order valence-corrected chi connectivity index (χ2v) is 9.54. The largest absolute Gasteiger partial charge is 0.465 e. The third-order valence-electron chi connectivity index (χ3n) is 5.03. The van der Waals surface area contributed by atoms with Gasteiger partial charge in [0.25, 0.3) is 0 Å². The lowest BCUT2D eigenvalue weighted by Crippen LogP contribution is -2.34. The Bertz CT molecular complexity index is 1000. The van der Waals surface area contributed by atoms with Gasteiger partial charge in [0.1, 0.15) is 12.0 Å². The minimum absolute atomic E-state index is 0.0253. The fourth-order valence-corrected chi connectivity index (χ4v) is 3.57. The smallest absolute Gasteiger partial charge is 0.337 e. The number of benzene rings is 2. The molecule has 2 aromatic rings. The van der Waals surface area contributed by atoms with Gasteiger partial charge in [-0.15, -0.1) is 0 Å². The second kappa shape index (κ2) is 7.75. The summed E-state index contributed by atoms with van der Waals surface area (Å²) in [5, 5.41) is 1.72. The summed E-state index contributed by atoms with van der Waals surface area (Å²) < 4.78 is 4.86. The van der Waals surface area contributed by atoms with E-state index in [0.717, 1.165) is 5.56 Å². The highest BCUT2D eigenvalue weighted by molar-refractivity contribution is 6.02. The van der Waals surface area contributed by atoms with E-state index in [-0.39, 0.29) is 5.41 Å². The number of fused-ring (bicyclic) bond motifs is 1. The Morgan fingerprint density at radius 3 is 2.13 bits per heavy atom. The van der Waals surface area contributed by atoms with Gasteiger partial charge >= 0.3 is 5.97 Å². The molecule has 158 valence electrons. The van der Waals surface area contributed by atoms with Crippen LogP contribution in [0.4, 0.5) is 5.69 Å². The van der Waals surface area contributed by atoms with Crippen LogP contribution < -0.4 is 5.06 Å². The summed E-state index contributed by atoms with van der Waals surface area (Å²) in [5.74, 6) is 1.68. The van der Waals surface area contributed by atoms with Crippen LogP contribution in [-0.2, 0) is 19.8 Å². The molecule has 0 aromatic heterocycles. The lowest BCUT2D eigenvalue weighted by Gasteiger charge is -2.33. The Morgan fingerprint density at radius 2 is 1.63 bits per heavy atom. The molecule has 5 heteroatoms. The monoisotopic (exact) mass is 407 g/mol. The van der Waals surface area contributed by atoms with Crippen LogP contribution in [-0.4, -0.2) is 24.6 Å². The SMILES string of the molecule is COC(=O)c1ccc2c(c1)N(OC(C)(C)C)C(c1ccc(C(C)(C)C)cc1)C2=C=O. The number of carbonyl (C=O) groups is 1. The van der Waals surface area contributed by atoms with Crippen molar-refractivity contribution >= 4 is 23.2 Å². The fraction of sp³-hybridized carbons (Fsp3) is 0.400. The first-order valence-electron chi connectivity index (χ1n) is 10.0. The van der Waals surface area contributed by atoms with E-state index in [9.17, 15) is 9.59 Å². The van der Waals surface area contributed by atoms with Crippen molar-refractivity contribution in [2.75, 3.05) is 12.2 Å². The maximum atomic E-state index is 12.1. The van der Waals surface area contributed by atoms with Crippen LogP contribution in [0.15, 0.2) is 42.5 Å². The Hall–Kier alpha value is -2.88. The molecule has 5 nitrogen and oxygen atoms in total. The Kier molecular flexibility index (Phi) is 5.64. The predicted molar refractivity (Wildman–Crippen MR) is 118 cm³/mol. The van der Waals surface area contributed by atoms with Crippen LogP contribution >= 0.6 is 0 Å². The summed E-state index contributed by atoms with van der Waals surface area (Å²) >= 11 is 0. The van der Waals surface area contributed by atoms with Gasteiger partial charge in [-0.2, -0.15) is 0 Å². The average Bonchev–Trinajstić information content (AvgIpc) is 2.97. The maximum absolute atomic E-state index is 12.1. The highest BCUT2D eigenvalue weighted by Gasteiger charge is 2.40. The van der Waals surface area contributed by atoms with E-state index in [0.29, 0.717) is 22.4 Å². The molecule has 1 aliphatic rings. The Balaban J connectivity index is 2.15. The standard InChI is InChI=1S/C25H29NO4/c1-24(2,3)18-11-8-16(9-12-18)22-20(15-27)19-13-10-17(23(28)29-7)14-21(19)26(22)30-25(4,5)6/h8-14,22H,1-7H3. The van der Waals surface area contributed by atoms with Crippen LogP contribution in [0, 0.1) is 0 Å². The summed E-state index contributed by atoms with van der Waals surface area (Å²) in [6.45, 7) is 12.3. The maximum Gasteiger partial charge on any atom is 0.337 e. The molecule has 0 spiro atoms. The zero-order chi connectivity index (χ0) is 22.3. The van der Waals surface area contributed by atoms with Crippen molar-refractivity contribution in [3.05, 3.63) is 64.7 Å². The Morgan fingerprint density at radius 1 is 1.00 bits per heavy atom. The zero-order valence-electron chi connectivity index (χ0n) is 18.7. The van der Waals surface area contributed by atoms with E-state index in [1.165, 1.54) is 12.7 Å². The summed E-state index contributed by atoms with van der Waals surface area (Å²) in [4.78, 5) is 30.4. The number of nitrogens with zero attached hydrogens (tertiary/aromatic N) is 1. The van der Waals surface area contributed by atoms with E-state index in [4.69, 9.17) is 9.57 Å². The van der Waals surface area contributed by atoms with Gasteiger partial charge in [0.15, 0.2) is 0 Å². The number of esters is 1. The summed E-state index contributed by atoms with van der Waals surface area (Å²) in [5.41, 5.74) is 3.86. The zero-order valence-corrected chi connectivity index (χ0v) is 18.7. The van der Waals surface area contributed by atoms with E-state index in [2.05, 4.69) is 38.8 Å². The number of anilines is 1. The molecule has 0 aliphatic carbocycles. The molecule has 1 aliphatic heterocycles. The van der Waals surface area contributed by atoms with Gasteiger partial charge in [0, 0.05) is 5.56 Å². The van der Waals surface area contributed by atoms with Crippen LogP contribution in [0.1, 0.15) is 74.6 Å². The van der Waals surface area contributed by atoms with Crippen molar-refractivity contribution in [1.29, 1.82) is 0 Å². The predicted octanol–water partition coefficient (Wildman–Crippen LogP) is 5.28. The molecule has 1 unspecified atom stereocenters. The quantitative estimate of drug-likeness (QED) is 0.512. The summed E-state index contributed by atoms with van der Waals surface area (Å²) in [6.07, 6.45) is 0. The molecule has 30 heavy (non-hydrogen) atoms. The van der Waals surface area contributed by atoms with Crippen LogP contribution in [0.2, 0.25) is 0 Å². The number of methoxy groups -OCH3 is 1. The van der Waals surface area contributed by atoms with Crippen molar-refractivity contribution in [2.24, 2.45) is 0 Å². The van der Waals surface area contributed by atoms with Gasteiger partial charge in [-0.25, -0.2) is 14.7 Å². The molecule has 1 heterocycles. The molecule has 0 radical (unpaired) electrons. The molecule has 0 fully saturated rings. The number of hydrogen-bond donors (Lipinski definition) is 0. The molecule has 0 saturated heterocycles. The van der Waals surface area contributed by atoms with E-state index in [1.807, 2.05) is 32.9 Å². The lowest BCUT2D eigenvalue weighted by atomic mass is 9.86. The molecule has 3 rings (SSSR count). The fourth-order valence-electron chi connectivity index (χ4n) is 3.57. The first kappa shape index (κ1) is 21.8. The van der Waals surface area contributed by atoms with Crippen LogP contribution in [0.3, 0.4) is 0 Å². The highest BCUT2D eigenvalue weighted by Crippen LogP contribution is 2.48. The minimum atomic E-state index is -0.513. The van der Waals surface area contributed by atoms with E-state index in [1.54, 1.807) is 23.3 Å². The van der Waals surface area contributed by atoms with Crippen molar-refractivity contribution in [2.45, 2.75) is 58.6 Å². The minimum Gasteiger partial charge on any atom is -0.465 e. The van der Waals surface area contributed by atoms with Gasteiger partial charge in [-0.3, -0.25) is 4.84 Å². The van der Waals surface area contributed by atoms with Gasteiger partial charge in [0.2, 0.25) is 0 Å². The molecule has 0 saturated carbocycles. The van der Waals surface area contributed by atoms with Crippen molar-refractivity contribution in [3.63, 3.8) is 0 Å². The first-order valence-corrected chi connectivity index (χ1v) is 10.0. The van der Waals surface area contributed by atoms with Gasteiger partial charge in [-0.05, 0) is 49.4 Å². The molecule has 0 amide bonds. The van der Waals surface area contributed by atoms with Crippen molar-refractivity contribution < 1.29 is 19.2 Å². The number of carbonyl (C=O) groups excluding carboxylic acids is 2. The van der Waals surface area contributed by atoms with Crippen LogP contribution in [0.25, 0.3) is 5.57 Å². The number of hydroxylamine groups is 1. The van der Waals surface area contributed by atoms with Crippen molar-refractivity contribution in [3.8, 4) is 0 Å². The molecule has 1 atom stereocenters. The third kappa shape index (κ3) is 4.18. The lowest BCUT2D eigenvalue weighted by molar-refractivity contribution is -0.0261.